The molecule has 1 aromatic carbocycles. The Morgan fingerprint density at radius 1 is 1.47 bits per heavy atom. The maximum absolute atomic E-state index is 11.7. The van der Waals surface area contributed by atoms with Gasteiger partial charge in [0, 0.05) is 10.5 Å². The lowest BCUT2D eigenvalue weighted by atomic mass is 10.2. The zero-order chi connectivity index (χ0) is 11.0. The summed E-state index contributed by atoms with van der Waals surface area (Å²) < 4.78 is 6.31. The van der Waals surface area contributed by atoms with E-state index in [-0.39, 0.29) is 18.6 Å². The molecule has 0 N–H and O–H groups in total. The van der Waals surface area contributed by atoms with Gasteiger partial charge in [-0.3, -0.25) is 4.79 Å². The van der Waals surface area contributed by atoms with Crippen molar-refractivity contribution >= 4 is 27.5 Å². The number of fused-ring (bicyclic) bond motifs is 1. The summed E-state index contributed by atoms with van der Waals surface area (Å²) in [4.78, 5) is 13.5. The minimum atomic E-state index is 0.00981. The summed E-state index contributed by atoms with van der Waals surface area (Å²) in [7, 11) is 0. The Morgan fingerprint density at radius 2 is 2.20 bits per heavy atom. The molecule has 80 valence electrons. The van der Waals surface area contributed by atoms with E-state index in [1.807, 2.05) is 32.0 Å². The minimum absolute atomic E-state index is 0.00981. The van der Waals surface area contributed by atoms with Gasteiger partial charge in [-0.25, -0.2) is 0 Å². The van der Waals surface area contributed by atoms with Gasteiger partial charge in [-0.2, -0.15) is 0 Å². The summed E-state index contributed by atoms with van der Waals surface area (Å²) in [5.41, 5.74) is 0.843. The second-order valence-corrected chi connectivity index (χ2v) is 4.67. The normalized spacial score (nSPS) is 15.2. The molecule has 4 heteroatoms. The van der Waals surface area contributed by atoms with Crippen LogP contribution >= 0.6 is 15.9 Å². The third-order valence-electron chi connectivity index (χ3n) is 2.32. The summed E-state index contributed by atoms with van der Waals surface area (Å²) >= 11 is 3.39. The highest BCUT2D eigenvalue weighted by Crippen LogP contribution is 2.35. The topological polar surface area (TPSA) is 29.5 Å². The molecule has 15 heavy (non-hydrogen) atoms. The van der Waals surface area contributed by atoms with Crippen molar-refractivity contribution in [3.8, 4) is 5.75 Å². The van der Waals surface area contributed by atoms with E-state index < -0.39 is 0 Å². The Kier molecular flexibility index (Phi) is 2.69. The third kappa shape index (κ3) is 1.86. The zero-order valence-corrected chi connectivity index (χ0v) is 10.2. The highest BCUT2D eigenvalue weighted by molar-refractivity contribution is 9.10. The molecular weight excluding hydrogens is 258 g/mol. The van der Waals surface area contributed by atoms with Crippen LogP contribution in [-0.4, -0.2) is 18.6 Å². The van der Waals surface area contributed by atoms with E-state index in [2.05, 4.69) is 15.9 Å². The van der Waals surface area contributed by atoms with Gasteiger partial charge in [0.15, 0.2) is 6.61 Å². The van der Waals surface area contributed by atoms with Crippen molar-refractivity contribution in [3.05, 3.63) is 22.7 Å². The number of carbonyl (C=O) groups is 1. The average molecular weight is 270 g/mol. The molecule has 0 aliphatic carbocycles. The molecule has 0 atom stereocenters. The van der Waals surface area contributed by atoms with Crippen LogP contribution in [0.25, 0.3) is 0 Å². The lowest BCUT2D eigenvalue weighted by Crippen LogP contribution is -2.43. The molecule has 0 radical (unpaired) electrons. The summed E-state index contributed by atoms with van der Waals surface area (Å²) in [5, 5.41) is 0. The van der Waals surface area contributed by atoms with Gasteiger partial charge in [-0.15, -0.1) is 0 Å². The molecule has 1 aromatic rings. The number of ether oxygens (including phenoxy) is 1. The van der Waals surface area contributed by atoms with Gasteiger partial charge in [0.25, 0.3) is 5.91 Å². The van der Waals surface area contributed by atoms with Crippen LogP contribution in [0.2, 0.25) is 0 Å². The van der Waals surface area contributed by atoms with Crippen LogP contribution in [-0.2, 0) is 4.79 Å². The maximum Gasteiger partial charge on any atom is 0.265 e. The minimum Gasteiger partial charge on any atom is -0.482 e. The largest absolute Gasteiger partial charge is 0.482 e. The van der Waals surface area contributed by atoms with Crippen molar-refractivity contribution in [2.45, 2.75) is 19.9 Å². The SMILES string of the molecule is CC(C)N1C(=O)COc2ccc(Br)cc21. The molecule has 0 aromatic heterocycles. The fraction of sp³-hybridized carbons (Fsp3) is 0.364. The van der Waals surface area contributed by atoms with E-state index in [9.17, 15) is 4.79 Å². The first-order valence-corrected chi connectivity index (χ1v) is 5.63. The van der Waals surface area contributed by atoms with Gasteiger partial charge >= 0.3 is 0 Å². The van der Waals surface area contributed by atoms with Crippen LogP contribution < -0.4 is 9.64 Å². The quantitative estimate of drug-likeness (QED) is 0.785. The second kappa shape index (κ2) is 3.85. The number of hydrogen-bond donors (Lipinski definition) is 0. The van der Waals surface area contributed by atoms with E-state index in [0.717, 1.165) is 15.9 Å². The predicted octanol–water partition coefficient (Wildman–Crippen LogP) is 2.58. The van der Waals surface area contributed by atoms with E-state index >= 15 is 0 Å². The highest BCUT2D eigenvalue weighted by atomic mass is 79.9. The number of hydrogen-bond acceptors (Lipinski definition) is 2. The second-order valence-electron chi connectivity index (χ2n) is 3.76. The smallest absolute Gasteiger partial charge is 0.265 e. The Balaban J connectivity index is 2.50. The number of nitrogens with zero attached hydrogens (tertiary/aromatic N) is 1. The summed E-state index contributed by atoms with van der Waals surface area (Å²) in [6.07, 6.45) is 0. The van der Waals surface area contributed by atoms with Crippen molar-refractivity contribution in [3.63, 3.8) is 0 Å². The molecule has 1 aliphatic heterocycles. The highest BCUT2D eigenvalue weighted by Gasteiger charge is 2.27. The van der Waals surface area contributed by atoms with E-state index in [0.29, 0.717) is 0 Å². The van der Waals surface area contributed by atoms with Crippen molar-refractivity contribution in [1.29, 1.82) is 0 Å². The summed E-state index contributed by atoms with van der Waals surface area (Å²) in [5.74, 6) is 0.780. The first-order chi connectivity index (χ1) is 7.09. The van der Waals surface area contributed by atoms with Gasteiger partial charge in [-0.1, -0.05) is 15.9 Å². The van der Waals surface area contributed by atoms with Crippen LogP contribution in [0.3, 0.4) is 0 Å². The van der Waals surface area contributed by atoms with Crippen molar-refractivity contribution < 1.29 is 9.53 Å². The van der Waals surface area contributed by atoms with Gasteiger partial charge in [0.2, 0.25) is 0 Å². The number of anilines is 1. The van der Waals surface area contributed by atoms with Crippen molar-refractivity contribution in [2.24, 2.45) is 0 Å². The van der Waals surface area contributed by atoms with E-state index in [4.69, 9.17) is 4.74 Å². The van der Waals surface area contributed by atoms with Gasteiger partial charge in [0.1, 0.15) is 5.75 Å². The zero-order valence-electron chi connectivity index (χ0n) is 8.66. The summed E-state index contributed by atoms with van der Waals surface area (Å²) in [6.45, 7) is 4.12. The lowest BCUT2D eigenvalue weighted by molar-refractivity contribution is -0.121. The third-order valence-corrected chi connectivity index (χ3v) is 2.81. The standard InChI is InChI=1S/C11H12BrNO2/c1-7(2)13-9-5-8(12)3-4-10(9)15-6-11(13)14/h3-5,7H,6H2,1-2H3. The van der Waals surface area contributed by atoms with Gasteiger partial charge in [-0.05, 0) is 32.0 Å². The van der Waals surface area contributed by atoms with Crippen LogP contribution in [0.15, 0.2) is 22.7 Å². The predicted molar refractivity (Wildman–Crippen MR) is 62.3 cm³/mol. The van der Waals surface area contributed by atoms with E-state index in [1.165, 1.54) is 0 Å². The molecule has 3 nitrogen and oxygen atoms in total. The molecule has 0 bridgehead atoms. The van der Waals surface area contributed by atoms with Crippen LogP contribution in [0, 0.1) is 0 Å². The van der Waals surface area contributed by atoms with Crippen LogP contribution in [0.4, 0.5) is 5.69 Å². The molecule has 0 spiro atoms. The Hall–Kier alpha value is -1.03. The van der Waals surface area contributed by atoms with Crippen LogP contribution in [0.1, 0.15) is 13.8 Å². The molecule has 0 saturated carbocycles. The average Bonchev–Trinajstić information content (AvgIpc) is 2.16. The first kappa shape index (κ1) is 10.5. The monoisotopic (exact) mass is 269 g/mol. The lowest BCUT2D eigenvalue weighted by Gasteiger charge is -2.32. The molecule has 2 rings (SSSR count). The fourth-order valence-electron chi connectivity index (χ4n) is 1.71. The molecule has 1 aliphatic rings. The van der Waals surface area contributed by atoms with Crippen molar-refractivity contribution in [1.82, 2.24) is 0 Å². The molecule has 0 saturated heterocycles. The number of halogens is 1. The number of carbonyl (C=O) groups excluding carboxylic acids is 1. The van der Waals surface area contributed by atoms with E-state index in [1.54, 1.807) is 4.90 Å². The van der Waals surface area contributed by atoms with Crippen LogP contribution in [0.5, 0.6) is 5.75 Å². The van der Waals surface area contributed by atoms with Gasteiger partial charge in [0.05, 0.1) is 5.69 Å². The number of amides is 1. The first-order valence-electron chi connectivity index (χ1n) is 4.84. The molecule has 0 fully saturated rings. The molecule has 1 heterocycles. The number of rotatable bonds is 1. The Bertz CT molecular complexity index is 404. The number of benzene rings is 1. The molecule has 1 amide bonds. The molecule has 0 unspecified atom stereocenters. The van der Waals surface area contributed by atoms with Crippen molar-refractivity contribution in [2.75, 3.05) is 11.5 Å². The molecular formula is C11H12BrNO2. The Morgan fingerprint density at radius 3 is 2.87 bits per heavy atom. The summed E-state index contributed by atoms with van der Waals surface area (Å²) in [6, 6.07) is 5.84. The Labute approximate surface area is 97.2 Å². The van der Waals surface area contributed by atoms with Gasteiger partial charge < -0.3 is 9.64 Å². The maximum atomic E-state index is 11.7. The fourth-order valence-corrected chi connectivity index (χ4v) is 2.06.